The molecular formula is C13H14FN3O. The van der Waals surface area contributed by atoms with Crippen molar-refractivity contribution in [1.82, 2.24) is 10.2 Å². The SMILES string of the molecule is N#Cc1ccc(CN2CCNC(=O)CC2)c(F)c1. The van der Waals surface area contributed by atoms with Crippen LogP contribution in [0.5, 0.6) is 0 Å². The molecule has 0 spiro atoms. The van der Waals surface area contributed by atoms with E-state index in [1.807, 2.05) is 11.0 Å². The van der Waals surface area contributed by atoms with E-state index in [4.69, 9.17) is 5.26 Å². The highest BCUT2D eigenvalue weighted by Gasteiger charge is 2.15. The lowest BCUT2D eigenvalue weighted by Gasteiger charge is -2.19. The number of nitriles is 1. The molecule has 0 bridgehead atoms. The number of rotatable bonds is 2. The predicted octanol–water partition coefficient (Wildman–Crippen LogP) is 1.02. The summed E-state index contributed by atoms with van der Waals surface area (Å²) in [6, 6.07) is 6.40. The van der Waals surface area contributed by atoms with Crippen LogP contribution in [-0.2, 0) is 11.3 Å². The van der Waals surface area contributed by atoms with Gasteiger partial charge in [-0.1, -0.05) is 6.07 Å². The first kappa shape index (κ1) is 12.5. The monoisotopic (exact) mass is 247 g/mol. The molecule has 1 saturated heterocycles. The second kappa shape index (κ2) is 5.61. The molecule has 0 saturated carbocycles. The summed E-state index contributed by atoms with van der Waals surface area (Å²) in [5, 5.41) is 11.4. The Labute approximate surface area is 105 Å². The van der Waals surface area contributed by atoms with E-state index in [0.717, 1.165) is 0 Å². The third kappa shape index (κ3) is 3.05. The largest absolute Gasteiger partial charge is 0.355 e. The Bertz CT molecular complexity index is 495. The molecule has 1 aromatic rings. The van der Waals surface area contributed by atoms with Crippen molar-refractivity contribution in [2.24, 2.45) is 0 Å². The zero-order valence-corrected chi connectivity index (χ0v) is 9.95. The molecule has 1 amide bonds. The van der Waals surface area contributed by atoms with E-state index in [-0.39, 0.29) is 11.7 Å². The second-order valence-electron chi connectivity index (χ2n) is 4.29. The smallest absolute Gasteiger partial charge is 0.221 e. The van der Waals surface area contributed by atoms with E-state index < -0.39 is 0 Å². The van der Waals surface area contributed by atoms with Crippen LogP contribution in [0.2, 0.25) is 0 Å². The normalized spacial score (nSPS) is 16.8. The summed E-state index contributed by atoms with van der Waals surface area (Å²) >= 11 is 0. The van der Waals surface area contributed by atoms with E-state index >= 15 is 0 Å². The van der Waals surface area contributed by atoms with Gasteiger partial charge in [-0.25, -0.2) is 4.39 Å². The van der Waals surface area contributed by atoms with E-state index in [9.17, 15) is 9.18 Å². The number of carbonyl (C=O) groups excluding carboxylic acids is 1. The van der Waals surface area contributed by atoms with Gasteiger partial charge in [0.25, 0.3) is 0 Å². The summed E-state index contributed by atoms with van der Waals surface area (Å²) in [4.78, 5) is 13.2. The number of carbonyl (C=O) groups is 1. The molecule has 4 nitrogen and oxygen atoms in total. The minimum Gasteiger partial charge on any atom is -0.355 e. The minimum atomic E-state index is -0.363. The number of amides is 1. The Morgan fingerprint density at radius 2 is 2.28 bits per heavy atom. The van der Waals surface area contributed by atoms with E-state index in [1.54, 1.807) is 12.1 Å². The Balaban J connectivity index is 2.05. The summed E-state index contributed by atoms with van der Waals surface area (Å²) in [6.45, 7) is 2.40. The molecule has 0 atom stereocenters. The molecule has 18 heavy (non-hydrogen) atoms. The Morgan fingerprint density at radius 1 is 1.44 bits per heavy atom. The van der Waals surface area contributed by atoms with Gasteiger partial charge in [-0.15, -0.1) is 0 Å². The topological polar surface area (TPSA) is 56.1 Å². The van der Waals surface area contributed by atoms with Gasteiger partial charge in [-0.3, -0.25) is 9.69 Å². The molecule has 0 radical (unpaired) electrons. The zero-order valence-electron chi connectivity index (χ0n) is 9.95. The quantitative estimate of drug-likeness (QED) is 0.849. The van der Waals surface area contributed by atoms with Gasteiger partial charge in [0.1, 0.15) is 5.82 Å². The fourth-order valence-corrected chi connectivity index (χ4v) is 1.96. The fourth-order valence-electron chi connectivity index (χ4n) is 1.96. The number of benzene rings is 1. The highest BCUT2D eigenvalue weighted by atomic mass is 19.1. The van der Waals surface area contributed by atoms with Crippen molar-refractivity contribution in [3.63, 3.8) is 0 Å². The van der Waals surface area contributed by atoms with Crippen molar-refractivity contribution in [2.45, 2.75) is 13.0 Å². The van der Waals surface area contributed by atoms with Crippen molar-refractivity contribution < 1.29 is 9.18 Å². The first-order valence-electron chi connectivity index (χ1n) is 5.86. The van der Waals surface area contributed by atoms with E-state index in [1.165, 1.54) is 6.07 Å². The van der Waals surface area contributed by atoms with Crippen LogP contribution in [0.4, 0.5) is 4.39 Å². The zero-order chi connectivity index (χ0) is 13.0. The molecular weight excluding hydrogens is 233 g/mol. The molecule has 1 aliphatic rings. The number of hydrogen-bond donors (Lipinski definition) is 1. The molecule has 2 rings (SSSR count). The standard InChI is InChI=1S/C13H14FN3O/c14-12-7-10(8-15)1-2-11(12)9-17-5-3-13(18)16-4-6-17/h1-2,7H,3-6,9H2,(H,16,18). The van der Waals surface area contributed by atoms with Crippen LogP contribution < -0.4 is 5.32 Å². The number of halogens is 1. The lowest BCUT2D eigenvalue weighted by molar-refractivity contribution is -0.120. The lowest BCUT2D eigenvalue weighted by atomic mass is 10.1. The van der Waals surface area contributed by atoms with Crippen LogP contribution in [0, 0.1) is 17.1 Å². The summed E-state index contributed by atoms with van der Waals surface area (Å²) in [7, 11) is 0. The van der Waals surface area contributed by atoms with Crippen LogP contribution in [0.1, 0.15) is 17.5 Å². The van der Waals surface area contributed by atoms with Crippen molar-refractivity contribution in [2.75, 3.05) is 19.6 Å². The molecule has 94 valence electrons. The molecule has 0 aromatic heterocycles. The summed E-state index contributed by atoms with van der Waals surface area (Å²) < 4.78 is 13.7. The van der Waals surface area contributed by atoms with E-state index in [2.05, 4.69) is 5.32 Å². The van der Waals surface area contributed by atoms with Crippen LogP contribution in [0.3, 0.4) is 0 Å². The Morgan fingerprint density at radius 3 is 3.00 bits per heavy atom. The minimum absolute atomic E-state index is 0.0396. The first-order chi connectivity index (χ1) is 8.69. The molecule has 1 fully saturated rings. The van der Waals surface area contributed by atoms with Crippen LogP contribution in [0.25, 0.3) is 0 Å². The summed E-state index contributed by atoms with van der Waals surface area (Å²) in [5.74, 6) is -0.324. The first-order valence-corrected chi connectivity index (χ1v) is 5.86. The van der Waals surface area contributed by atoms with Gasteiger partial charge in [-0.05, 0) is 12.1 Å². The number of hydrogen-bond acceptors (Lipinski definition) is 3. The van der Waals surface area contributed by atoms with E-state index in [0.29, 0.717) is 43.7 Å². The number of nitrogens with one attached hydrogen (secondary N) is 1. The predicted molar refractivity (Wildman–Crippen MR) is 64.0 cm³/mol. The third-order valence-electron chi connectivity index (χ3n) is 2.98. The van der Waals surface area contributed by atoms with Crippen LogP contribution >= 0.6 is 0 Å². The average molecular weight is 247 g/mol. The molecule has 1 heterocycles. The maximum atomic E-state index is 13.7. The fraction of sp³-hybridized carbons (Fsp3) is 0.385. The highest BCUT2D eigenvalue weighted by Crippen LogP contribution is 2.13. The van der Waals surface area contributed by atoms with Gasteiger partial charge in [0.2, 0.25) is 5.91 Å². The Kier molecular flexibility index (Phi) is 3.90. The summed E-state index contributed by atoms with van der Waals surface area (Å²) in [6.07, 6.45) is 0.442. The molecule has 0 unspecified atom stereocenters. The van der Waals surface area contributed by atoms with Gasteiger partial charge < -0.3 is 5.32 Å². The number of nitrogens with zero attached hydrogens (tertiary/aromatic N) is 2. The molecule has 1 N–H and O–H groups in total. The van der Waals surface area contributed by atoms with Crippen molar-refractivity contribution in [3.05, 3.63) is 35.1 Å². The van der Waals surface area contributed by atoms with Gasteiger partial charge in [0, 0.05) is 38.2 Å². The average Bonchev–Trinajstić information content (AvgIpc) is 2.57. The maximum Gasteiger partial charge on any atom is 0.221 e. The van der Waals surface area contributed by atoms with Gasteiger partial charge >= 0.3 is 0 Å². The van der Waals surface area contributed by atoms with Crippen LogP contribution in [0.15, 0.2) is 18.2 Å². The van der Waals surface area contributed by atoms with Crippen molar-refractivity contribution >= 4 is 5.91 Å². The maximum absolute atomic E-state index is 13.7. The van der Waals surface area contributed by atoms with Crippen molar-refractivity contribution in [3.8, 4) is 6.07 Å². The van der Waals surface area contributed by atoms with Gasteiger partial charge in [0.15, 0.2) is 0 Å². The molecule has 5 heteroatoms. The lowest BCUT2D eigenvalue weighted by Crippen LogP contribution is -2.28. The van der Waals surface area contributed by atoms with Crippen LogP contribution in [-0.4, -0.2) is 30.4 Å². The highest BCUT2D eigenvalue weighted by molar-refractivity contribution is 5.76. The van der Waals surface area contributed by atoms with Gasteiger partial charge in [0.05, 0.1) is 11.6 Å². The van der Waals surface area contributed by atoms with Crippen molar-refractivity contribution in [1.29, 1.82) is 5.26 Å². The summed E-state index contributed by atoms with van der Waals surface area (Å²) in [5.41, 5.74) is 0.882. The Hall–Kier alpha value is -1.93. The third-order valence-corrected chi connectivity index (χ3v) is 2.98. The van der Waals surface area contributed by atoms with Gasteiger partial charge in [-0.2, -0.15) is 5.26 Å². The molecule has 1 aliphatic heterocycles. The molecule has 1 aromatic carbocycles. The second-order valence-corrected chi connectivity index (χ2v) is 4.29. The molecule has 0 aliphatic carbocycles.